The van der Waals surface area contributed by atoms with E-state index in [-0.39, 0.29) is 5.54 Å². The lowest BCUT2D eigenvalue weighted by molar-refractivity contribution is 0.0559. The molecule has 0 amide bonds. The van der Waals surface area contributed by atoms with Crippen molar-refractivity contribution in [2.75, 3.05) is 46.0 Å². The maximum atomic E-state index is 6.12. The molecule has 1 atom stereocenters. The Morgan fingerprint density at radius 1 is 1.15 bits per heavy atom. The average molecular weight is 293 g/mol. The van der Waals surface area contributed by atoms with Crippen LogP contribution in [0.2, 0.25) is 0 Å². The van der Waals surface area contributed by atoms with Crippen molar-refractivity contribution in [1.29, 1.82) is 0 Å². The number of hydrogen-bond acceptors (Lipinski definition) is 4. The zero-order valence-electron chi connectivity index (χ0n) is 12.9. The Bertz CT molecular complexity index is 412. The first-order chi connectivity index (χ1) is 9.57. The highest BCUT2D eigenvalue weighted by Gasteiger charge is 2.32. The van der Waals surface area contributed by atoms with Gasteiger partial charge in [-0.2, -0.15) is 0 Å². The molecule has 1 aromatic rings. The maximum Gasteiger partial charge on any atom is 0.0344 e. The highest BCUT2D eigenvalue weighted by Crippen LogP contribution is 2.23. The molecule has 0 spiro atoms. The van der Waals surface area contributed by atoms with Gasteiger partial charge in [-0.3, -0.25) is 4.90 Å². The van der Waals surface area contributed by atoms with Crippen LogP contribution in [0.15, 0.2) is 29.2 Å². The van der Waals surface area contributed by atoms with Crippen LogP contribution in [0.25, 0.3) is 0 Å². The minimum atomic E-state index is 0.0716. The van der Waals surface area contributed by atoms with Gasteiger partial charge in [0.1, 0.15) is 0 Å². The minimum absolute atomic E-state index is 0.0716. The summed E-state index contributed by atoms with van der Waals surface area (Å²) in [6.07, 6.45) is 3.14. The van der Waals surface area contributed by atoms with Crippen molar-refractivity contribution in [2.45, 2.75) is 23.8 Å². The zero-order valence-corrected chi connectivity index (χ0v) is 13.7. The molecule has 2 N–H and O–H groups in total. The van der Waals surface area contributed by atoms with E-state index < -0.39 is 0 Å². The summed E-state index contributed by atoms with van der Waals surface area (Å²) in [5.74, 6) is 0. The van der Waals surface area contributed by atoms with Crippen molar-refractivity contribution < 1.29 is 0 Å². The van der Waals surface area contributed by atoms with Gasteiger partial charge in [0.2, 0.25) is 0 Å². The number of nitrogens with zero attached hydrogens (tertiary/aromatic N) is 2. The first-order valence-corrected chi connectivity index (χ1v) is 8.56. The third-order valence-electron chi connectivity index (χ3n) is 4.45. The molecular formula is C16H27N3S. The summed E-state index contributed by atoms with van der Waals surface area (Å²) in [5, 5.41) is 0. The molecule has 0 aromatic heterocycles. The summed E-state index contributed by atoms with van der Waals surface area (Å²) in [6.45, 7) is 7.53. The van der Waals surface area contributed by atoms with Gasteiger partial charge in [0.05, 0.1) is 0 Å². The normalized spacial score (nSPS) is 20.8. The van der Waals surface area contributed by atoms with Gasteiger partial charge in [0.25, 0.3) is 0 Å². The molecule has 4 heteroatoms. The van der Waals surface area contributed by atoms with E-state index in [2.05, 4.69) is 54.3 Å². The average Bonchev–Trinajstić information content (AvgIpc) is 2.48. The molecule has 0 aliphatic carbocycles. The Morgan fingerprint density at radius 2 is 1.75 bits per heavy atom. The van der Waals surface area contributed by atoms with Gasteiger partial charge in [-0.25, -0.2) is 0 Å². The monoisotopic (exact) mass is 293 g/mol. The quantitative estimate of drug-likeness (QED) is 0.841. The second kappa shape index (κ2) is 6.94. The van der Waals surface area contributed by atoms with E-state index in [0.29, 0.717) is 6.54 Å². The molecule has 1 aliphatic rings. The Morgan fingerprint density at radius 3 is 2.25 bits per heavy atom. The topological polar surface area (TPSA) is 32.5 Å². The Kier molecular flexibility index (Phi) is 5.49. The first kappa shape index (κ1) is 15.8. The van der Waals surface area contributed by atoms with Crippen LogP contribution in [-0.2, 0) is 6.42 Å². The highest BCUT2D eigenvalue weighted by atomic mass is 32.2. The van der Waals surface area contributed by atoms with E-state index in [9.17, 15) is 0 Å². The highest BCUT2D eigenvalue weighted by molar-refractivity contribution is 7.98. The van der Waals surface area contributed by atoms with Crippen LogP contribution in [0.3, 0.4) is 0 Å². The van der Waals surface area contributed by atoms with Crippen molar-refractivity contribution in [3.8, 4) is 0 Å². The standard InChI is InChI=1S/C16H27N3S/c1-16(13-17,19-10-8-18(2)9-11-19)12-14-4-6-15(20-3)7-5-14/h4-7H,8-13,17H2,1-3H3. The third kappa shape index (κ3) is 3.76. The largest absolute Gasteiger partial charge is 0.329 e. The molecule has 1 aromatic carbocycles. The Labute approximate surface area is 127 Å². The van der Waals surface area contributed by atoms with Crippen LogP contribution in [0.4, 0.5) is 0 Å². The fourth-order valence-corrected chi connectivity index (χ4v) is 3.25. The van der Waals surface area contributed by atoms with Crippen LogP contribution in [0.1, 0.15) is 12.5 Å². The van der Waals surface area contributed by atoms with E-state index in [1.165, 1.54) is 10.5 Å². The number of likely N-dealkylation sites (N-methyl/N-ethyl adjacent to an activating group) is 1. The fourth-order valence-electron chi connectivity index (χ4n) is 2.84. The zero-order chi connectivity index (χ0) is 14.6. The molecule has 1 fully saturated rings. The number of rotatable bonds is 5. The number of piperazine rings is 1. The molecule has 1 unspecified atom stereocenters. The van der Waals surface area contributed by atoms with Gasteiger partial charge < -0.3 is 10.6 Å². The SMILES string of the molecule is CSc1ccc(CC(C)(CN)N2CCN(C)CC2)cc1. The molecule has 112 valence electrons. The van der Waals surface area contributed by atoms with Crippen LogP contribution in [0, 0.1) is 0 Å². The van der Waals surface area contributed by atoms with E-state index >= 15 is 0 Å². The first-order valence-electron chi connectivity index (χ1n) is 7.34. The van der Waals surface area contributed by atoms with Crippen LogP contribution >= 0.6 is 11.8 Å². The minimum Gasteiger partial charge on any atom is -0.329 e. The summed E-state index contributed by atoms with van der Waals surface area (Å²) in [7, 11) is 2.19. The Balaban J connectivity index is 2.05. The smallest absolute Gasteiger partial charge is 0.0344 e. The third-order valence-corrected chi connectivity index (χ3v) is 5.19. The van der Waals surface area contributed by atoms with E-state index in [1.54, 1.807) is 11.8 Å². The molecule has 1 saturated heterocycles. The van der Waals surface area contributed by atoms with Crippen molar-refractivity contribution in [3.63, 3.8) is 0 Å². The summed E-state index contributed by atoms with van der Waals surface area (Å²) in [4.78, 5) is 6.28. The van der Waals surface area contributed by atoms with Crippen LogP contribution in [-0.4, -0.2) is 61.4 Å². The lowest BCUT2D eigenvalue weighted by Gasteiger charge is -2.45. The molecule has 0 saturated carbocycles. The molecule has 1 heterocycles. The van der Waals surface area contributed by atoms with Gasteiger partial charge in [-0.1, -0.05) is 12.1 Å². The fraction of sp³-hybridized carbons (Fsp3) is 0.625. The number of nitrogens with two attached hydrogens (primary N) is 1. The molecule has 2 rings (SSSR count). The Hall–Kier alpha value is -0.550. The van der Waals surface area contributed by atoms with E-state index in [0.717, 1.165) is 32.6 Å². The number of hydrogen-bond donors (Lipinski definition) is 1. The van der Waals surface area contributed by atoms with E-state index in [4.69, 9.17) is 5.73 Å². The van der Waals surface area contributed by atoms with Gasteiger partial charge in [0.15, 0.2) is 0 Å². The predicted octanol–water partition coefficient (Wildman–Crippen LogP) is 1.92. The molecular weight excluding hydrogens is 266 g/mol. The second-order valence-corrected chi connectivity index (χ2v) is 6.90. The van der Waals surface area contributed by atoms with Gasteiger partial charge in [-0.15, -0.1) is 11.8 Å². The second-order valence-electron chi connectivity index (χ2n) is 6.02. The molecule has 20 heavy (non-hydrogen) atoms. The van der Waals surface area contributed by atoms with Gasteiger partial charge >= 0.3 is 0 Å². The molecule has 1 aliphatic heterocycles. The number of thioether (sulfide) groups is 1. The van der Waals surface area contributed by atoms with Crippen molar-refractivity contribution >= 4 is 11.8 Å². The van der Waals surface area contributed by atoms with Gasteiger partial charge in [0, 0.05) is 43.2 Å². The van der Waals surface area contributed by atoms with Crippen LogP contribution < -0.4 is 5.73 Å². The predicted molar refractivity (Wildman–Crippen MR) is 88.5 cm³/mol. The summed E-state index contributed by atoms with van der Waals surface area (Å²) in [5.41, 5.74) is 7.57. The maximum absolute atomic E-state index is 6.12. The summed E-state index contributed by atoms with van der Waals surface area (Å²) < 4.78 is 0. The summed E-state index contributed by atoms with van der Waals surface area (Å²) >= 11 is 1.79. The van der Waals surface area contributed by atoms with Crippen molar-refractivity contribution in [1.82, 2.24) is 9.80 Å². The lowest BCUT2D eigenvalue weighted by Crippen LogP contribution is -2.59. The van der Waals surface area contributed by atoms with Gasteiger partial charge in [-0.05, 0) is 44.3 Å². The lowest BCUT2D eigenvalue weighted by atomic mass is 9.90. The molecule has 0 radical (unpaired) electrons. The van der Waals surface area contributed by atoms with Crippen molar-refractivity contribution in [3.05, 3.63) is 29.8 Å². The van der Waals surface area contributed by atoms with Crippen LogP contribution in [0.5, 0.6) is 0 Å². The molecule has 3 nitrogen and oxygen atoms in total. The molecule has 0 bridgehead atoms. The number of benzene rings is 1. The van der Waals surface area contributed by atoms with Crippen molar-refractivity contribution in [2.24, 2.45) is 5.73 Å². The van der Waals surface area contributed by atoms with E-state index in [1.807, 2.05) is 0 Å². The summed E-state index contributed by atoms with van der Waals surface area (Å²) in [6, 6.07) is 8.91.